The summed E-state index contributed by atoms with van der Waals surface area (Å²) in [5, 5.41) is 13.2. The van der Waals surface area contributed by atoms with Crippen LogP contribution in [0.2, 0.25) is 0 Å². The summed E-state index contributed by atoms with van der Waals surface area (Å²) in [6, 6.07) is 10.8. The molecule has 0 aliphatic rings. The Morgan fingerprint density at radius 1 is 1.26 bits per heavy atom. The molecule has 0 saturated heterocycles. The zero-order valence-corrected chi connectivity index (χ0v) is 9.89. The summed E-state index contributed by atoms with van der Waals surface area (Å²) in [6.07, 6.45) is 3.21. The number of hydrogen-bond acceptors (Lipinski definition) is 4. The van der Waals surface area contributed by atoms with E-state index >= 15 is 0 Å². The van der Waals surface area contributed by atoms with Crippen molar-refractivity contribution in [2.75, 3.05) is 0 Å². The summed E-state index contributed by atoms with van der Waals surface area (Å²) >= 11 is 0. The number of nitrogens with zero attached hydrogens (tertiary/aromatic N) is 5. The predicted octanol–water partition coefficient (Wildman–Crippen LogP) is 0.811. The molecule has 0 unspecified atom stereocenters. The normalized spacial score (nSPS) is 10.5. The smallest absolute Gasteiger partial charge is 0.250 e. The van der Waals surface area contributed by atoms with Crippen LogP contribution in [0.25, 0.3) is 5.65 Å². The summed E-state index contributed by atoms with van der Waals surface area (Å²) in [6.45, 7) is 0.233. The summed E-state index contributed by atoms with van der Waals surface area (Å²) < 4.78 is 2.79. The highest BCUT2D eigenvalue weighted by atomic mass is 16.2. The van der Waals surface area contributed by atoms with E-state index in [1.165, 1.54) is 9.08 Å². The Kier molecular flexibility index (Phi) is 2.58. The van der Waals surface area contributed by atoms with Crippen molar-refractivity contribution in [2.24, 2.45) is 0 Å². The largest absolute Gasteiger partial charge is 0.350 e. The zero-order valence-electron chi connectivity index (χ0n) is 9.89. The highest BCUT2D eigenvalue weighted by Gasteiger charge is 2.09. The fraction of sp³-hybridized carbons (Fsp3) is 0.0769. The Morgan fingerprint density at radius 2 is 2.16 bits per heavy atom. The van der Waals surface area contributed by atoms with E-state index in [4.69, 9.17) is 5.26 Å². The maximum atomic E-state index is 12.1. The quantitative estimate of drug-likeness (QED) is 0.675. The van der Waals surface area contributed by atoms with Gasteiger partial charge >= 0.3 is 5.69 Å². The van der Waals surface area contributed by atoms with Crippen molar-refractivity contribution in [3.05, 3.63) is 64.5 Å². The average Bonchev–Trinajstić information content (AvgIpc) is 2.77. The van der Waals surface area contributed by atoms with Crippen LogP contribution in [0.5, 0.6) is 0 Å². The van der Waals surface area contributed by atoms with Gasteiger partial charge in [0.05, 0.1) is 6.54 Å². The molecular weight excluding hydrogens is 242 g/mol. The van der Waals surface area contributed by atoms with Gasteiger partial charge < -0.3 is 0 Å². The number of hydrogen-bond donors (Lipinski definition) is 0. The second-order valence-corrected chi connectivity index (χ2v) is 3.99. The standard InChI is InChI=1S/C13H9N5O/c14-8-11-10(4-3-6-15-11)9-18-13(19)17-7-2-1-5-12(17)16-18/h1-7H,9H2. The van der Waals surface area contributed by atoms with Crippen molar-refractivity contribution in [3.8, 4) is 6.07 Å². The van der Waals surface area contributed by atoms with Gasteiger partial charge in [-0.1, -0.05) is 12.1 Å². The molecule has 0 spiro atoms. The predicted molar refractivity (Wildman–Crippen MR) is 67.5 cm³/mol. The molecule has 6 nitrogen and oxygen atoms in total. The summed E-state index contributed by atoms with van der Waals surface area (Å²) in [5.41, 5.74) is 1.33. The minimum absolute atomic E-state index is 0.233. The Bertz CT molecular complexity index is 840. The van der Waals surface area contributed by atoms with E-state index < -0.39 is 0 Å². The van der Waals surface area contributed by atoms with Gasteiger partial charge in [-0.25, -0.2) is 14.5 Å². The molecule has 0 amide bonds. The third-order valence-corrected chi connectivity index (χ3v) is 2.81. The third kappa shape index (κ3) is 1.87. The minimum atomic E-state index is -0.233. The minimum Gasteiger partial charge on any atom is -0.250 e. The van der Waals surface area contributed by atoms with E-state index in [-0.39, 0.29) is 12.2 Å². The van der Waals surface area contributed by atoms with E-state index in [2.05, 4.69) is 10.1 Å². The lowest BCUT2D eigenvalue weighted by Gasteiger charge is -2.01. The molecule has 3 aromatic heterocycles. The van der Waals surface area contributed by atoms with Gasteiger partial charge in [-0.05, 0) is 18.2 Å². The van der Waals surface area contributed by atoms with Crippen molar-refractivity contribution in [2.45, 2.75) is 6.54 Å². The van der Waals surface area contributed by atoms with E-state index in [0.717, 1.165) is 0 Å². The van der Waals surface area contributed by atoms with Gasteiger partial charge in [-0.2, -0.15) is 5.26 Å². The van der Waals surface area contributed by atoms with Gasteiger partial charge in [0.15, 0.2) is 5.65 Å². The van der Waals surface area contributed by atoms with Crippen molar-refractivity contribution >= 4 is 5.65 Å². The molecule has 0 atom stereocenters. The fourth-order valence-corrected chi connectivity index (χ4v) is 1.90. The van der Waals surface area contributed by atoms with Crippen molar-refractivity contribution in [1.82, 2.24) is 19.2 Å². The molecule has 6 heteroatoms. The Balaban J connectivity index is 2.09. The first-order valence-corrected chi connectivity index (χ1v) is 5.68. The SMILES string of the molecule is N#Cc1ncccc1Cn1nc2ccccn2c1=O. The lowest BCUT2D eigenvalue weighted by atomic mass is 10.2. The second kappa shape index (κ2) is 4.38. The first kappa shape index (κ1) is 11.2. The van der Waals surface area contributed by atoms with Crippen LogP contribution in [-0.2, 0) is 6.54 Å². The van der Waals surface area contributed by atoms with Crippen LogP contribution in [0.4, 0.5) is 0 Å². The molecule has 0 fully saturated rings. The topological polar surface area (TPSA) is 76.0 Å². The monoisotopic (exact) mass is 251 g/mol. The molecule has 0 radical (unpaired) electrons. The number of fused-ring (bicyclic) bond motifs is 1. The van der Waals surface area contributed by atoms with Crippen LogP contribution in [0.1, 0.15) is 11.3 Å². The van der Waals surface area contributed by atoms with Gasteiger partial charge in [0.2, 0.25) is 0 Å². The van der Waals surface area contributed by atoms with E-state index in [9.17, 15) is 4.79 Å². The Morgan fingerprint density at radius 3 is 2.95 bits per heavy atom. The molecule has 3 aromatic rings. The summed E-state index contributed by atoms with van der Waals surface area (Å²) in [5.74, 6) is 0. The van der Waals surface area contributed by atoms with Gasteiger partial charge in [0.1, 0.15) is 11.8 Å². The molecule has 19 heavy (non-hydrogen) atoms. The number of pyridine rings is 2. The summed E-state index contributed by atoms with van der Waals surface area (Å²) in [7, 11) is 0. The van der Waals surface area contributed by atoms with Gasteiger partial charge in [0.25, 0.3) is 0 Å². The average molecular weight is 251 g/mol. The zero-order chi connectivity index (χ0) is 13.2. The first-order chi connectivity index (χ1) is 9.29. The van der Waals surface area contributed by atoms with Crippen LogP contribution in [-0.4, -0.2) is 19.2 Å². The van der Waals surface area contributed by atoms with Gasteiger partial charge in [-0.15, -0.1) is 5.10 Å². The molecule has 0 saturated carbocycles. The molecule has 0 aromatic carbocycles. The van der Waals surface area contributed by atoms with E-state index in [0.29, 0.717) is 16.9 Å². The molecule has 3 heterocycles. The Hall–Kier alpha value is -2.94. The van der Waals surface area contributed by atoms with Crippen molar-refractivity contribution in [3.63, 3.8) is 0 Å². The van der Waals surface area contributed by atoms with E-state index in [1.807, 2.05) is 12.1 Å². The van der Waals surface area contributed by atoms with E-state index in [1.54, 1.807) is 36.7 Å². The fourth-order valence-electron chi connectivity index (χ4n) is 1.90. The van der Waals surface area contributed by atoms with Gasteiger partial charge in [0, 0.05) is 18.0 Å². The Labute approximate surface area is 108 Å². The van der Waals surface area contributed by atoms with Crippen LogP contribution in [0.15, 0.2) is 47.5 Å². The number of rotatable bonds is 2. The number of aromatic nitrogens is 4. The molecule has 0 N–H and O–H groups in total. The number of nitriles is 1. The maximum absolute atomic E-state index is 12.1. The van der Waals surface area contributed by atoms with Crippen LogP contribution < -0.4 is 5.69 Å². The van der Waals surface area contributed by atoms with Crippen LogP contribution in [0.3, 0.4) is 0 Å². The van der Waals surface area contributed by atoms with Crippen molar-refractivity contribution < 1.29 is 0 Å². The van der Waals surface area contributed by atoms with Gasteiger partial charge in [-0.3, -0.25) is 4.40 Å². The van der Waals surface area contributed by atoms with Crippen molar-refractivity contribution in [1.29, 1.82) is 5.26 Å². The highest BCUT2D eigenvalue weighted by Crippen LogP contribution is 2.05. The molecular formula is C13H9N5O. The summed E-state index contributed by atoms with van der Waals surface area (Å²) in [4.78, 5) is 16.1. The first-order valence-electron chi connectivity index (χ1n) is 5.68. The second-order valence-electron chi connectivity index (χ2n) is 3.99. The van der Waals surface area contributed by atoms with Crippen LogP contribution >= 0.6 is 0 Å². The molecule has 3 rings (SSSR count). The lowest BCUT2D eigenvalue weighted by molar-refractivity contribution is 0.655. The molecule has 0 aliphatic heterocycles. The van der Waals surface area contributed by atoms with Crippen LogP contribution in [0, 0.1) is 11.3 Å². The third-order valence-electron chi connectivity index (χ3n) is 2.81. The molecule has 0 aliphatic carbocycles. The molecule has 92 valence electrons. The maximum Gasteiger partial charge on any atom is 0.350 e. The highest BCUT2D eigenvalue weighted by molar-refractivity contribution is 5.36. The molecule has 0 bridgehead atoms. The lowest BCUT2D eigenvalue weighted by Crippen LogP contribution is -2.22.